The van der Waals surface area contributed by atoms with Crippen LogP contribution in [0, 0.1) is 16.2 Å². The van der Waals surface area contributed by atoms with E-state index in [0.29, 0.717) is 45.5 Å². The summed E-state index contributed by atoms with van der Waals surface area (Å²) in [5.41, 5.74) is -2.87. The SMILES string of the molecule is CCCC(CO)(CCC)C1OCC2(CO1)COC(C(CO)(CCC)CCC)OC2C1(O)CCC(O)CC1. The molecule has 1 saturated carbocycles. The van der Waals surface area contributed by atoms with Gasteiger partial charge in [0, 0.05) is 10.8 Å². The van der Waals surface area contributed by atoms with Gasteiger partial charge >= 0.3 is 0 Å². The van der Waals surface area contributed by atoms with Crippen LogP contribution in [-0.4, -0.2) is 83.8 Å². The zero-order chi connectivity index (χ0) is 27.2. The molecule has 3 aliphatic rings. The minimum Gasteiger partial charge on any atom is -0.396 e. The highest BCUT2D eigenvalue weighted by atomic mass is 16.7. The van der Waals surface area contributed by atoms with Gasteiger partial charge in [-0.3, -0.25) is 0 Å². The monoisotopic (exact) mass is 530 g/mol. The molecule has 0 aromatic rings. The molecular formula is C29H54O8. The molecule has 2 heterocycles. The molecular weight excluding hydrogens is 476 g/mol. The van der Waals surface area contributed by atoms with E-state index in [0.717, 1.165) is 51.4 Å². The molecule has 218 valence electrons. The summed E-state index contributed by atoms with van der Waals surface area (Å²) in [7, 11) is 0. The van der Waals surface area contributed by atoms with E-state index in [1.165, 1.54) is 0 Å². The highest BCUT2D eigenvalue weighted by Crippen LogP contribution is 2.51. The molecule has 0 amide bonds. The molecule has 1 spiro atoms. The van der Waals surface area contributed by atoms with Crippen LogP contribution in [0.15, 0.2) is 0 Å². The number of aliphatic hydroxyl groups excluding tert-OH is 3. The Hall–Kier alpha value is -0.320. The summed E-state index contributed by atoms with van der Waals surface area (Å²) in [5, 5.41) is 43.0. The van der Waals surface area contributed by atoms with E-state index in [4.69, 9.17) is 18.9 Å². The Morgan fingerprint density at radius 3 is 1.51 bits per heavy atom. The Morgan fingerprint density at radius 1 is 0.703 bits per heavy atom. The van der Waals surface area contributed by atoms with E-state index in [9.17, 15) is 20.4 Å². The van der Waals surface area contributed by atoms with Crippen molar-refractivity contribution < 1.29 is 39.4 Å². The molecule has 0 aromatic carbocycles. The predicted molar refractivity (Wildman–Crippen MR) is 141 cm³/mol. The topological polar surface area (TPSA) is 118 Å². The fourth-order valence-corrected chi connectivity index (χ4v) is 7.35. The summed E-state index contributed by atoms with van der Waals surface area (Å²) < 4.78 is 26.0. The van der Waals surface area contributed by atoms with Gasteiger partial charge in [-0.1, -0.05) is 53.4 Å². The van der Waals surface area contributed by atoms with Gasteiger partial charge in [-0.2, -0.15) is 0 Å². The van der Waals surface area contributed by atoms with Crippen LogP contribution < -0.4 is 0 Å². The number of rotatable bonds is 13. The highest BCUT2D eigenvalue weighted by Gasteiger charge is 2.61. The molecule has 4 N–H and O–H groups in total. The summed E-state index contributed by atoms with van der Waals surface area (Å²) in [4.78, 5) is 0. The maximum atomic E-state index is 12.0. The van der Waals surface area contributed by atoms with Gasteiger partial charge in [-0.25, -0.2) is 0 Å². The van der Waals surface area contributed by atoms with Crippen LogP contribution in [0.4, 0.5) is 0 Å². The van der Waals surface area contributed by atoms with Crippen LogP contribution in [0.25, 0.3) is 0 Å². The van der Waals surface area contributed by atoms with Gasteiger partial charge in [-0.05, 0) is 51.4 Å². The lowest BCUT2D eigenvalue weighted by Gasteiger charge is -2.58. The average Bonchev–Trinajstić information content (AvgIpc) is 2.91. The first-order valence-electron chi connectivity index (χ1n) is 14.8. The van der Waals surface area contributed by atoms with Crippen LogP contribution in [-0.2, 0) is 18.9 Å². The van der Waals surface area contributed by atoms with E-state index in [-0.39, 0.29) is 13.2 Å². The zero-order valence-corrected chi connectivity index (χ0v) is 23.8. The Labute approximate surface area is 224 Å². The maximum absolute atomic E-state index is 12.0. The van der Waals surface area contributed by atoms with E-state index in [1.807, 2.05) is 0 Å². The molecule has 8 heteroatoms. The van der Waals surface area contributed by atoms with Gasteiger partial charge < -0.3 is 39.4 Å². The fourth-order valence-electron chi connectivity index (χ4n) is 7.35. The van der Waals surface area contributed by atoms with E-state index < -0.39 is 46.6 Å². The molecule has 0 aromatic heterocycles. The second-order valence-corrected chi connectivity index (χ2v) is 12.4. The van der Waals surface area contributed by atoms with Gasteiger partial charge in [-0.15, -0.1) is 0 Å². The summed E-state index contributed by atoms with van der Waals surface area (Å²) in [6.07, 6.45) is 6.45. The average molecular weight is 531 g/mol. The van der Waals surface area contributed by atoms with Gasteiger partial charge in [0.05, 0.1) is 50.2 Å². The second-order valence-electron chi connectivity index (χ2n) is 12.4. The van der Waals surface area contributed by atoms with Gasteiger partial charge in [0.1, 0.15) is 6.10 Å². The van der Waals surface area contributed by atoms with Crippen LogP contribution in [0.5, 0.6) is 0 Å². The molecule has 2 unspecified atom stereocenters. The first-order chi connectivity index (χ1) is 17.7. The molecule has 2 saturated heterocycles. The highest BCUT2D eigenvalue weighted by molar-refractivity contribution is 5.06. The van der Waals surface area contributed by atoms with Crippen molar-refractivity contribution in [3.05, 3.63) is 0 Å². The first-order valence-corrected chi connectivity index (χ1v) is 14.8. The maximum Gasteiger partial charge on any atom is 0.165 e. The number of ether oxygens (including phenoxy) is 4. The molecule has 3 fully saturated rings. The molecule has 1 aliphatic carbocycles. The van der Waals surface area contributed by atoms with Crippen molar-refractivity contribution in [3.63, 3.8) is 0 Å². The minimum atomic E-state index is -1.15. The number of hydrogen-bond donors (Lipinski definition) is 4. The van der Waals surface area contributed by atoms with Crippen molar-refractivity contribution >= 4 is 0 Å². The number of hydrogen-bond acceptors (Lipinski definition) is 8. The van der Waals surface area contributed by atoms with Gasteiger partial charge in [0.15, 0.2) is 12.6 Å². The summed E-state index contributed by atoms with van der Waals surface area (Å²) in [5.74, 6) is 0. The Morgan fingerprint density at radius 2 is 1.11 bits per heavy atom. The van der Waals surface area contributed by atoms with Crippen molar-refractivity contribution in [2.75, 3.05) is 33.0 Å². The van der Waals surface area contributed by atoms with Gasteiger partial charge in [0.2, 0.25) is 0 Å². The van der Waals surface area contributed by atoms with Crippen LogP contribution in [0.1, 0.15) is 105 Å². The van der Waals surface area contributed by atoms with E-state index in [2.05, 4.69) is 27.7 Å². The third-order valence-corrected chi connectivity index (χ3v) is 9.31. The van der Waals surface area contributed by atoms with E-state index in [1.54, 1.807) is 0 Å². The Kier molecular flexibility index (Phi) is 11.3. The zero-order valence-electron chi connectivity index (χ0n) is 23.8. The van der Waals surface area contributed by atoms with Crippen molar-refractivity contribution in [1.82, 2.24) is 0 Å². The fraction of sp³-hybridized carbons (Fsp3) is 1.00. The predicted octanol–water partition coefficient (Wildman–Crippen LogP) is 3.91. The van der Waals surface area contributed by atoms with Crippen LogP contribution in [0.3, 0.4) is 0 Å². The van der Waals surface area contributed by atoms with Crippen LogP contribution in [0.2, 0.25) is 0 Å². The second kappa shape index (κ2) is 13.4. The lowest BCUT2D eigenvalue weighted by molar-refractivity contribution is -0.388. The smallest absolute Gasteiger partial charge is 0.165 e. The standard InChI is InChI=1S/C29H54O8/c1-5-11-26(17-30,12-6-2)24-34-19-28(20-35-24)21-36-25(27(18-31,13-7-3)14-8-4)37-23(28)29(33)15-9-22(32)10-16-29/h22-25,30-33H,5-21H2,1-4H3. The Balaban J connectivity index is 1.89. The molecule has 3 rings (SSSR count). The van der Waals surface area contributed by atoms with Crippen molar-refractivity contribution in [2.45, 2.75) is 135 Å². The summed E-state index contributed by atoms with van der Waals surface area (Å²) in [6.45, 7) is 9.25. The molecule has 0 radical (unpaired) electrons. The normalized spacial score (nSPS) is 35.7. The third-order valence-electron chi connectivity index (χ3n) is 9.31. The molecule has 8 nitrogen and oxygen atoms in total. The van der Waals surface area contributed by atoms with E-state index >= 15 is 0 Å². The third kappa shape index (κ3) is 6.37. The van der Waals surface area contributed by atoms with Crippen molar-refractivity contribution in [3.8, 4) is 0 Å². The van der Waals surface area contributed by atoms with Crippen LogP contribution >= 0.6 is 0 Å². The molecule has 2 atom stereocenters. The lowest BCUT2D eigenvalue weighted by atomic mass is 9.67. The summed E-state index contributed by atoms with van der Waals surface area (Å²) >= 11 is 0. The van der Waals surface area contributed by atoms with Crippen molar-refractivity contribution in [1.29, 1.82) is 0 Å². The minimum absolute atomic E-state index is 0.000267. The quantitative estimate of drug-likeness (QED) is 0.283. The molecule has 0 bridgehead atoms. The Bertz CT molecular complexity index is 649. The van der Waals surface area contributed by atoms with Gasteiger partial charge in [0.25, 0.3) is 0 Å². The summed E-state index contributed by atoms with van der Waals surface area (Å²) in [6, 6.07) is 0. The largest absolute Gasteiger partial charge is 0.396 e. The lowest BCUT2D eigenvalue weighted by Crippen LogP contribution is -2.68. The molecule has 2 aliphatic heterocycles. The van der Waals surface area contributed by atoms with Crippen molar-refractivity contribution in [2.24, 2.45) is 16.2 Å². The molecule has 37 heavy (non-hydrogen) atoms. The first kappa shape index (κ1) is 31.2. The number of aliphatic hydroxyl groups is 4.